The van der Waals surface area contributed by atoms with Crippen molar-refractivity contribution in [2.24, 2.45) is 0 Å². The summed E-state index contributed by atoms with van der Waals surface area (Å²) in [5.41, 5.74) is 3.95. The zero-order valence-electron chi connectivity index (χ0n) is 15.5. The van der Waals surface area contributed by atoms with Crippen molar-refractivity contribution in [1.29, 1.82) is 0 Å². The number of hydrogen-bond acceptors (Lipinski definition) is 6. The van der Waals surface area contributed by atoms with Crippen LogP contribution in [-0.4, -0.2) is 20.4 Å². The molecular weight excluding hydrogens is 380 g/mol. The molecule has 0 saturated carbocycles. The summed E-state index contributed by atoms with van der Waals surface area (Å²) >= 11 is 0. The van der Waals surface area contributed by atoms with E-state index in [0.29, 0.717) is 5.56 Å². The third-order valence-electron chi connectivity index (χ3n) is 4.18. The van der Waals surface area contributed by atoms with Gasteiger partial charge in [0, 0.05) is 23.0 Å². The second kappa shape index (κ2) is 7.80. The SMILES string of the molecule is Cc1ccc(C)n1NC(=O)c1ccc(Oc2ccc([N+](=O)[O-])cc2[N+](=O)[O-])cc1. The van der Waals surface area contributed by atoms with Gasteiger partial charge in [0.05, 0.1) is 15.9 Å². The predicted octanol–water partition coefficient (Wildman–Crippen LogP) is 4.10. The van der Waals surface area contributed by atoms with E-state index in [-0.39, 0.29) is 17.4 Å². The lowest BCUT2D eigenvalue weighted by atomic mass is 10.2. The number of nitro groups is 2. The van der Waals surface area contributed by atoms with E-state index in [1.54, 1.807) is 4.68 Å². The Morgan fingerprint density at radius 3 is 2.10 bits per heavy atom. The maximum atomic E-state index is 12.4. The highest BCUT2D eigenvalue weighted by atomic mass is 16.6. The molecule has 0 saturated heterocycles. The fraction of sp³-hybridized carbons (Fsp3) is 0.105. The van der Waals surface area contributed by atoms with E-state index in [4.69, 9.17) is 4.74 Å². The van der Waals surface area contributed by atoms with E-state index in [0.717, 1.165) is 29.6 Å². The first-order chi connectivity index (χ1) is 13.8. The van der Waals surface area contributed by atoms with Crippen LogP contribution in [-0.2, 0) is 0 Å². The van der Waals surface area contributed by atoms with Crippen molar-refractivity contribution in [2.45, 2.75) is 13.8 Å². The van der Waals surface area contributed by atoms with Gasteiger partial charge in [-0.05, 0) is 56.3 Å². The number of ether oxygens (including phenoxy) is 1. The standard InChI is InChI=1S/C19H16N4O6/c1-12-3-4-13(2)21(12)20-19(24)14-5-8-16(9-6-14)29-18-10-7-15(22(25)26)11-17(18)23(27)28/h3-11H,1-2H3,(H,20,24). The molecule has 29 heavy (non-hydrogen) atoms. The number of non-ortho nitro benzene ring substituents is 1. The number of amides is 1. The second-order valence-corrected chi connectivity index (χ2v) is 6.19. The number of rotatable bonds is 6. The molecule has 3 aromatic rings. The molecule has 1 aromatic heterocycles. The normalized spacial score (nSPS) is 10.4. The fourth-order valence-electron chi connectivity index (χ4n) is 2.66. The highest BCUT2D eigenvalue weighted by Gasteiger charge is 2.21. The van der Waals surface area contributed by atoms with Gasteiger partial charge in [0.25, 0.3) is 11.6 Å². The molecule has 0 aliphatic heterocycles. The van der Waals surface area contributed by atoms with Crippen molar-refractivity contribution in [3.05, 3.63) is 91.8 Å². The smallest absolute Gasteiger partial charge is 0.318 e. The topological polar surface area (TPSA) is 130 Å². The van der Waals surface area contributed by atoms with Crippen LogP contribution in [0, 0.1) is 34.1 Å². The Bertz CT molecular complexity index is 1080. The van der Waals surface area contributed by atoms with Crippen molar-refractivity contribution < 1.29 is 19.4 Å². The van der Waals surface area contributed by atoms with Gasteiger partial charge in [0.2, 0.25) is 5.75 Å². The number of nitro benzene ring substituents is 2. The van der Waals surface area contributed by atoms with Gasteiger partial charge in [-0.3, -0.25) is 35.1 Å². The van der Waals surface area contributed by atoms with Crippen molar-refractivity contribution >= 4 is 17.3 Å². The predicted molar refractivity (Wildman–Crippen MR) is 104 cm³/mol. The summed E-state index contributed by atoms with van der Waals surface area (Å²) < 4.78 is 7.14. The van der Waals surface area contributed by atoms with E-state index in [1.807, 2.05) is 26.0 Å². The average Bonchev–Trinajstić information content (AvgIpc) is 3.00. The number of benzene rings is 2. The van der Waals surface area contributed by atoms with Crippen LogP contribution < -0.4 is 10.2 Å². The maximum absolute atomic E-state index is 12.4. The van der Waals surface area contributed by atoms with Crippen LogP contribution in [0.4, 0.5) is 11.4 Å². The van der Waals surface area contributed by atoms with Crippen molar-refractivity contribution in [3.8, 4) is 11.5 Å². The van der Waals surface area contributed by atoms with E-state index in [9.17, 15) is 25.0 Å². The molecule has 1 N–H and O–H groups in total. The molecule has 3 rings (SSSR count). The Morgan fingerprint density at radius 1 is 0.931 bits per heavy atom. The lowest BCUT2D eigenvalue weighted by Gasteiger charge is -2.12. The van der Waals surface area contributed by atoms with Gasteiger partial charge in [-0.15, -0.1) is 0 Å². The summed E-state index contributed by atoms with van der Waals surface area (Å²) in [5, 5.41) is 22.0. The van der Waals surface area contributed by atoms with Crippen LogP contribution >= 0.6 is 0 Å². The molecule has 1 heterocycles. The molecule has 2 aromatic carbocycles. The largest absolute Gasteiger partial charge is 0.450 e. The highest BCUT2D eigenvalue weighted by molar-refractivity contribution is 6.00. The number of aromatic nitrogens is 1. The molecule has 148 valence electrons. The first-order valence-corrected chi connectivity index (χ1v) is 8.43. The van der Waals surface area contributed by atoms with Gasteiger partial charge in [-0.25, -0.2) is 0 Å². The van der Waals surface area contributed by atoms with Crippen LogP contribution in [0.5, 0.6) is 11.5 Å². The van der Waals surface area contributed by atoms with Gasteiger partial charge in [0.1, 0.15) is 5.75 Å². The minimum atomic E-state index is -0.758. The molecule has 1 amide bonds. The van der Waals surface area contributed by atoms with E-state index in [1.165, 1.54) is 24.3 Å². The van der Waals surface area contributed by atoms with Crippen molar-refractivity contribution in [2.75, 3.05) is 5.43 Å². The summed E-state index contributed by atoms with van der Waals surface area (Å²) in [5.74, 6) is -0.233. The van der Waals surface area contributed by atoms with Crippen LogP contribution in [0.15, 0.2) is 54.6 Å². The van der Waals surface area contributed by atoms with E-state index in [2.05, 4.69) is 5.43 Å². The molecule has 0 unspecified atom stereocenters. The van der Waals surface area contributed by atoms with Crippen LogP contribution in [0.1, 0.15) is 21.7 Å². The fourth-order valence-corrected chi connectivity index (χ4v) is 2.66. The molecule has 0 radical (unpaired) electrons. The summed E-state index contributed by atoms with van der Waals surface area (Å²) in [6.07, 6.45) is 0. The van der Waals surface area contributed by atoms with Crippen LogP contribution in [0.25, 0.3) is 0 Å². The quantitative estimate of drug-likeness (QED) is 0.493. The summed E-state index contributed by atoms with van der Waals surface area (Å²) in [4.78, 5) is 32.9. The minimum absolute atomic E-state index is 0.142. The molecule has 0 bridgehead atoms. The first kappa shape index (κ1) is 19.5. The van der Waals surface area contributed by atoms with Gasteiger partial charge >= 0.3 is 5.69 Å². The molecule has 10 nitrogen and oxygen atoms in total. The van der Waals surface area contributed by atoms with Gasteiger partial charge < -0.3 is 4.74 Å². The molecular formula is C19H16N4O6. The summed E-state index contributed by atoms with van der Waals surface area (Å²) in [7, 11) is 0. The molecule has 10 heteroatoms. The number of aryl methyl sites for hydroxylation is 2. The molecule has 0 spiro atoms. The lowest BCUT2D eigenvalue weighted by molar-refractivity contribution is -0.394. The Kier molecular flexibility index (Phi) is 5.26. The zero-order valence-corrected chi connectivity index (χ0v) is 15.5. The highest BCUT2D eigenvalue weighted by Crippen LogP contribution is 2.34. The second-order valence-electron chi connectivity index (χ2n) is 6.19. The van der Waals surface area contributed by atoms with Gasteiger partial charge in [-0.1, -0.05) is 0 Å². The molecule has 0 aliphatic rings. The minimum Gasteiger partial charge on any atom is -0.450 e. The summed E-state index contributed by atoms with van der Waals surface area (Å²) in [6, 6.07) is 12.9. The molecule has 0 aliphatic carbocycles. The number of nitrogens with zero attached hydrogens (tertiary/aromatic N) is 3. The lowest BCUT2D eigenvalue weighted by Crippen LogP contribution is -2.24. The van der Waals surface area contributed by atoms with E-state index < -0.39 is 21.2 Å². The number of carbonyl (C=O) groups excluding carboxylic acids is 1. The van der Waals surface area contributed by atoms with Crippen LogP contribution in [0.2, 0.25) is 0 Å². The molecule has 0 atom stereocenters. The zero-order chi connectivity index (χ0) is 21.1. The van der Waals surface area contributed by atoms with Crippen molar-refractivity contribution in [3.63, 3.8) is 0 Å². The Hall–Kier alpha value is -4.21. The number of nitrogens with one attached hydrogen (secondary N) is 1. The van der Waals surface area contributed by atoms with Gasteiger partial charge in [-0.2, -0.15) is 0 Å². The third-order valence-corrected chi connectivity index (χ3v) is 4.18. The number of hydrogen-bond donors (Lipinski definition) is 1. The van der Waals surface area contributed by atoms with Crippen LogP contribution in [0.3, 0.4) is 0 Å². The first-order valence-electron chi connectivity index (χ1n) is 8.43. The Morgan fingerprint density at radius 2 is 1.55 bits per heavy atom. The van der Waals surface area contributed by atoms with Gasteiger partial charge in [0.15, 0.2) is 0 Å². The Balaban J connectivity index is 1.78. The third kappa shape index (κ3) is 4.21. The summed E-state index contributed by atoms with van der Waals surface area (Å²) in [6.45, 7) is 3.72. The average molecular weight is 396 g/mol. The molecule has 0 fully saturated rings. The Labute approximate surface area is 164 Å². The van der Waals surface area contributed by atoms with E-state index >= 15 is 0 Å². The number of carbonyl (C=O) groups is 1. The maximum Gasteiger partial charge on any atom is 0.318 e. The van der Waals surface area contributed by atoms with Crippen molar-refractivity contribution in [1.82, 2.24) is 4.68 Å². The monoisotopic (exact) mass is 396 g/mol.